The number of rotatable bonds is 8. The molecule has 0 amide bonds. The average molecular weight is 839 g/mol. The van der Waals surface area contributed by atoms with Gasteiger partial charge in [-0.15, -0.1) is 40.5 Å². The second-order valence-corrected chi connectivity index (χ2v) is 15.3. The molecule has 0 spiro atoms. The summed E-state index contributed by atoms with van der Waals surface area (Å²) in [4.78, 5) is 17.0. The van der Waals surface area contributed by atoms with E-state index in [-0.39, 0.29) is 47.9 Å². The minimum atomic E-state index is -0.337. The summed E-state index contributed by atoms with van der Waals surface area (Å²) in [5, 5.41) is 16.1. The number of ketones is 1. The largest absolute Gasteiger partial charge is 0.512 e. The third-order valence-corrected chi connectivity index (χ3v) is 11.5. The first-order chi connectivity index (χ1) is 22.3. The van der Waals surface area contributed by atoms with Gasteiger partial charge in [-0.25, -0.2) is 0 Å². The summed E-state index contributed by atoms with van der Waals surface area (Å²) in [6.07, 6.45) is 8.42. The molecule has 3 heterocycles. The Kier molecular flexibility index (Phi) is 11.5. The summed E-state index contributed by atoms with van der Waals surface area (Å²) in [5.41, 5.74) is 3.72. The Balaban J connectivity index is 0.000000251. The van der Waals surface area contributed by atoms with Crippen molar-refractivity contribution < 1.29 is 34.4 Å². The van der Waals surface area contributed by atoms with E-state index in [1.54, 1.807) is 17.6 Å². The minimum absolute atomic E-state index is 0. The van der Waals surface area contributed by atoms with E-state index in [0.717, 1.165) is 53.3 Å². The molecule has 0 atom stereocenters. The van der Waals surface area contributed by atoms with Gasteiger partial charge in [0.2, 0.25) is 0 Å². The molecule has 0 bridgehead atoms. The van der Waals surface area contributed by atoms with E-state index in [4.69, 9.17) is 9.40 Å². The van der Waals surface area contributed by atoms with Crippen molar-refractivity contribution in [3.63, 3.8) is 0 Å². The van der Waals surface area contributed by atoms with E-state index in [1.807, 2.05) is 53.8 Å². The predicted octanol–water partition coefficient (Wildman–Crippen LogP) is 12.8. The van der Waals surface area contributed by atoms with Crippen LogP contribution in [0.5, 0.6) is 0 Å². The van der Waals surface area contributed by atoms with Crippen LogP contribution in [0.3, 0.4) is 0 Å². The summed E-state index contributed by atoms with van der Waals surface area (Å²) in [6, 6.07) is 23.0. The number of hydrogen-bond acceptors (Lipinski definition) is 5. The molecule has 6 heteroatoms. The van der Waals surface area contributed by atoms with E-state index in [2.05, 4.69) is 75.4 Å². The van der Waals surface area contributed by atoms with Crippen molar-refractivity contribution in [2.75, 3.05) is 0 Å². The number of aliphatic hydroxyl groups excluding tert-OH is 1. The Hall–Kier alpha value is -3.31. The van der Waals surface area contributed by atoms with Crippen LogP contribution in [0.1, 0.15) is 93.6 Å². The number of benzene rings is 3. The molecule has 0 aliphatic carbocycles. The van der Waals surface area contributed by atoms with Crippen LogP contribution in [0.2, 0.25) is 0 Å². The quantitative estimate of drug-likeness (QED) is 0.0942. The van der Waals surface area contributed by atoms with Crippen molar-refractivity contribution in [1.29, 1.82) is 0 Å². The number of furan rings is 1. The van der Waals surface area contributed by atoms with Crippen molar-refractivity contribution in [2.24, 2.45) is 10.8 Å². The second-order valence-electron chi connectivity index (χ2n) is 14.3. The molecule has 3 aromatic carbocycles. The Labute approximate surface area is 303 Å². The number of thiophene rings is 1. The van der Waals surface area contributed by atoms with Crippen molar-refractivity contribution in [2.45, 2.75) is 93.4 Å². The van der Waals surface area contributed by atoms with Gasteiger partial charge in [0.15, 0.2) is 5.78 Å². The van der Waals surface area contributed by atoms with E-state index >= 15 is 0 Å². The Bertz CT molecular complexity index is 2090. The first-order valence-corrected chi connectivity index (χ1v) is 17.7. The summed E-state index contributed by atoms with van der Waals surface area (Å²) < 4.78 is 8.08. The molecule has 0 unspecified atom stereocenters. The van der Waals surface area contributed by atoms with Gasteiger partial charge < -0.3 is 9.52 Å². The Morgan fingerprint density at radius 3 is 2.19 bits per heavy atom. The molecule has 0 fully saturated rings. The molecule has 6 aromatic rings. The van der Waals surface area contributed by atoms with Crippen LogP contribution in [0.15, 0.2) is 83.3 Å². The Morgan fingerprint density at radius 2 is 1.54 bits per heavy atom. The molecule has 0 saturated carbocycles. The summed E-state index contributed by atoms with van der Waals surface area (Å²) in [6.45, 7) is 18.9. The number of carbonyl (C=O) groups is 1. The van der Waals surface area contributed by atoms with Gasteiger partial charge in [-0.05, 0) is 66.1 Å². The van der Waals surface area contributed by atoms with Crippen LogP contribution < -0.4 is 0 Å². The number of fused-ring (bicyclic) bond motifs is 5. The minimum Gasteiger partial charge on any atom is -0.512 e. The fourth-order valence-electron chi connectivity index (χ4n) is 6.04. The standard InChI is InChI=1S/C27H20NOS.C15H28O2.Ir/c1-27(2,3)21-14-18(12-16-6-4-5-7-19(16)21)26-25-20-13-17-9-11-29-22(17)15-24(20)30-23(25)8-10-28-26;1-7-14(5,8-2)12(16)11-13(17)15(6,9-3)10-4;/h4-11,13-15H,1-3H3;11,16H,7-10H2,1-6H3;/q-1;;/b;12-11-;. The third kappa shape index (κ3) is 7.17. The number of carbonyl (C=O) groups excluding carboxylic acids is 1. The summed E-state index contributed by atoms with van der Waals surface area (Å²) in [5.74, 6) is 0.286. The normalized spacial score (nSPS) is 12.7. The molecule has 1 N–H and O–H groups in total. The smallest absolute Gasteiger partial charge is 0.164 e. The number of pyridine rings is 1. The van der Waals surface area contributed by atoms with E-state index in [1.165, 1.54) is 37.2 Å². The van der Waals surface area contributed by atoms with Crippen LogP contribution in [-0.2, 0) is 30.3 Å². The topological polar surface area (TPSA) is 63.3 Å². The number of nitrogens with zero attached hydrogens (tertiary/aromatic N) is 1. The number of aromatic nitrogens is 1. The van der Waals surface area contributed by atoms with Crippen LogP contribution in [-0.4, -0.2) is 15.9 Å². The van der Waals surface area contributed by atoms with Gasteiger partial charge in [-0.2, -0.15) is 0 Å². The van der Waals surface area contributed by atoms with E-state index in [0.29, 0.717) is 0 Å². The van der Waals surface area contributed by atoms with Crippen molar-refractivity contribution in [3.05, 3.63) is 90.5 Å². The molecule has 3 aromatic heterocycles. The molecule has 0 aliphatic heterocycles. The fraction of sp³-hybridized carbons (Fsp3) is 0.381. The van der Waals surface area contributed by atoms with Gasteiger partial charge in [-0.1, -0.05) is 91.5 Å². The second kappa shape index (κ2) is 14.7. The zero-order valence-corrected chi connectivity index (χ0v) is 32.9. The monoisotopic (exact) mass is 839 g/mol. The summed E-state index contributed by atoms with van der Waals surface area (Å²) in [7, 11) is 0. The Morgan fingerprint density at radius 1 is 0.875 bits per heavy atom. The van der Waals surface area contributed by atoms with Crippen LogP contribution in [0, 0.1) is 16.9 Å². The predicted molar refractivity (Wildman–Crippen MR) is 200 cm³/mol. The van der Waals surface area contributed by atoms with Gasteiger partial charge in [0.25, 0.3) is 0 Å². The zero-order chi connectivity index (χ0) is 34.1. The zero-order valence-electron chi connectivity index (χ0n) is 29.7. The fourth-order valence-corrected chi connectivity index (χ4v) is 7.16. The van der Waals surface area contributed by atoms with Crippen molar-refractivity contribution >= 4 is 59.0 Å². The third-order valence-electron chi connectivity index (χ3n) is 10.4. The number of hydrogen-bond donors (Lipinski definition) is 1. The van der Waals surface area contributed by atoms with Gasteiger partial charge in [-0.3, -0.25) is 9.78 Å². The molecule has 1 radical (unpaired) electrons. The molecule has 4 nitrogen and oxygen atoms in total. The molecular formula is C42H48IrNO3S-. The van der Waals surface area contributed by atoms with Crippen LogP contribution in [0.25, 0.3) is 53.2 Å². The van der Waals surface area contributed by atoms with E-state index in [9.17, 15) is 9.90 Å². The van der Waals surface area contributed by atoms with Crippen LogP contribution in [0.4, 0.5) is 0 Å². The maximum Gasteiger partial charge on any atom is 0.164 e. The number of aliphatic hydroxyl groups is 1. The molecular weight excluding hydrogens is 791 g/mol. The molecule has 6 rings (SSSR count). The molecule has 48 heavy (non-hydrogen) atoms. The molecule has 0 aliphatic rings. The molecule has 255 valence electrons. The first kappa shape index (κ1) is 37.5. The maximum absolute atomic E-state index is 12.2. The van der Waals surface area contributed by atoms with Gasteiger partial charge in [0.05, 0.1) is 6.26 Å². The van der Waals surface area contributed by atoms with Crippen molar-refractivity contribution in [1.82, 2.24) is 4.98 Å². The van der Waals surface area contributed by atoms with Gasteiger partial charge in [0, 0.05) is 63.7 Å². The molecule has 0 saturated heterocycles. The maximum atomic E-state index is 12.2. The average Bonchev–Trinajstić information content (AvgIpc) is 3.69. The van der Waals surface area contributed by atoms with Crippen molar-refractivity contribution in [3.8, 4) is 11.3 Å². The van der Waals surface area contributed by atoms with Gasteiger partial charge >= 0.3 is 0 Å². The van der Waals surface area contributed by atoms with E-state index < -0.39 is 0 Å². The van der Waals surface area contributed by atoms with Crippen LogP contribution >= 0.6 is 11.3 Å². The SMILES string of the molecule is CC(C)(C)c1cc(-c2nccc3sc4cc5occc5cc4c23)[c-]c2ccccc12.CCC(C)(CC)C(=O)/C=C(\O)C(C)(CC)CC.[Ir]. The summed E-state index contributed by atoms with van der Waals surface area (Å²) >= 11 is 1.79. The van der Waals surface area contributed by atoms with Gasteiger partial charge in [0.1, 0.15) is 11.3 Å². The first-order valence-electron chi connectivity index (χ1n) is 16.9. The number of allylic oxidation sites excluding steroid dienone is 2.